The first-order chi connectivity index (χ1) is 9.73. The smallest absolute Gasteiger partial charge is 0.150 e. The van der Waals surface area contributed by atoms with Gasteiger partial charge >= 0.3 is 0 Å². The van der Waals surface area contributed by atoms with Crippen molar-refractivity contribution in [3.05, 3.63) is 66.2 Å². The maximum absolute atomic E-state index is 10.2. The van der Waals surface area contributed by atoms with Crippen LogP contribution in [-0.4, -0.2) is 20.5 Å². The molecule has 0 atom stereocenters. The van der Waals surface area contributed by atoms with Gasteiger partial charge in [0.2, 0.25) is 0 Å². The monoisotopic (exact) mass is 270 g/mol. The van der Waals surface area contributed by atoms with Gasteiger partial charge in [-0.2, -0.15) is 0 Å². The number of aldehydes is 1. The van der Waals surface area contributed by atoms with E-state index in [2.05, 4.69) is 6.58 Å². The molecule has 0 bridgehead atoms. The summed E-state index contributed by atoms with van der Waals surface area (Å²) in [5, 5.41) is 0. The van der Waals surface area contributed by atoms with Crippen LogP contribution < -0.4 is 9.47 Å². The molecule has 0 aromatic heterocycles. The minimum atomic E-state index is 0.667. The maximum Gasteiger partial charge on any atom is 0.150 e. The Morgan fingerprint density at radius 3 is 1.50 bits per heavy atom. The molecule has 0 N–H and O–H groups in total. The minimum absolute atomic E-state index is 0.667. The third kappa shape index (κ3) is 4.98. The second kappa shape index (κ2) is 8.53. The summed E-state index contributed by atoms with van der Waals surface area (Å²) in [6.07, 6.45) is 2.61. The molecule has 2 aromatic carbocycles. The lowest BCUT2D eigenvalue weighted by Gasteiger charge is -1.97. The summed E-state index contributed by atoms with van der Waals surface area (Å²) >= 11 is 0. The van der Waals surface area contributed by atoms with Crippen molar-refractivity contribution >= 4 is 12.4 Å². The number of methoxy groups -OCH3 is 2. The Balaban J connectivity index is 0.000000200. The van der Waals surface area contributed by atoms with Gasteiger partial charge in [-0.3, -0.25) is 4.79 Å². The first-order valence-corrected chi connectivity index (χ1v) is 6.09. The van der Waals surface area contributed by atoms with Crippen molar-refractivity contribution in [2.45, 2.75) is 0 Å². The number of hydrogen-bond donors (Lipinski definition) is 0. The highest BCUT2D eigenvalue weighted by Gasteiger charge is 1.89. The molecule has 0 spiro atoms. The van der Waals surface area contributed by atoms with Gasteiger partial charge < -0.3 is 9.47 Å². The first-order valence-electron chi connectivity index (χ1n) is 6.09. The molecule has 104 valence electrons. The second-order valence-corrected chi connectivity index (χ2v) is 3.87. The molecule has 2 aromatic rings. The molecule has 20 heavy (non-hydrogen) atoms. The molecule has 0 heterocycles. The zero-order valence-electron chi connectivity index (χ0n) is 11.7. The minimum Gasteiger partial charge on any atom is -0.497 e. The normalized spacial score (nSPS) is 8.90. The molecule has 0 aliphatic heterocycles. The Morgan fingerprint density at radius 2 is 1.20 bits per heavy atom. The van der Waals surface area contributed by atoms with Crippen molar-refractivity contribution in [1.82, 2.24) is 0 Å². The Hall–Kier alpha value is -2.55. The second-order valence-electron chi connectivity index (χ2n) is 3.87. The van der Waals surface area contributed by atoms with E-state index in [1.807, 2.05) is 24.3 Å². The van der Waals surface area contributed by atoms with Crippen LogP contribution in [-0.2, 0) is 0 Å². The maximum atomic E-state index is 10.2. The summed E-state index contributed by atoms with van der Waals surface area (Å²) in [4.78, 5) is 10.2. The van der Waals surface area contributed by atoms with Gasteiger partial charge in [-0.15, -0.1) is 0 Å². The van der Waals surface area contributed by atoms with Crippen LogP contribution in [0.2, 0.25) is 0 Å². The first kappa shape index (κ1) is 15.5. The molecule has 0 amide bonds. The van der Waals surface area contributed by atoms with E-state index in [1.54, 1.807) is 44.6 Å². The van der Waals surface area contributed by atoms with Crippen molar-refractivity contribution < 1.29 is 14.3 Å². The van der Waals surface area contributed by atoms with Gasteiger partial charge in [0, 0.05) is 5.56 Å². The lowest BCUT2D eigenvalue weighted by atomic mass is 10.2. The summed E-state index contributed by atoms with van der Waals surface area (Å²) in [6.45, 7) is 3.65. The molecule has 2 rings (SSSR count). The summed E-state index contributed by atoms with van der Waals surface area (Å²) in [5.41, 5.74) is 1.78. The van der Waals surface area contributed by atoms with Gasteiger partial charge in [-0.25, -0.2) is 0 Å². The van der Waals surface area contributed by atoms with Crippen molar-refractivity contribution in [1.29, 1.82) is 0 Å². The number of carbonyl (C=O) groups excluding carboxylic acids is 1. The molecule has 3 heteroatoms. The molecule has 3 nitrogen and oxygen atoms in total. The largest absolute Gasteiger partial charge is 0.497 e. The van der Waals surface area contributed by atoms with Gasteiger partial charge in [-0.05, 0) is 42.0 Å². The van der Waals surface area contributed by atoms with Gasteiger partial charge in [0.25, 0.3) is 0 Å². The third-order valence-electron chi connectivity index (χ3n) is 2.60. The van der Waals surface area contributed by atoms with Gasteiger partial charge in [0.05, 0.1) is 14.2 Å². The third-order valence-corrected chi connectivity index (χ3v) is 2.60. The molecule has 0 aliphatic carbocycles. The standard InChI is InChI=1S/C9H10O.C8H8O2/c1-3-8-4-6-9(10-2)7-5-8;1-10-8-4-2-7(6-9)3-5-8/h3-7H,1H2,2H3;2-6H,1H3. The summed E-state index contributed by atoms with van der Waals surface area (Å²) < 4.78 is 9.88. The van der Waals surface area contributed by atoms with Crippen molar-refractivity contribution in [3.8, 4) is 11.5 Å². The average molecular weight is 270 g/mol. The molecule has 0 radical (unpaired) electrons. The number of carbonyl (C=O) groups is 1. The van der Waals surface area contributed by atoms with E-state index in [4.69, 9.17) is 9.47 Å². The van der Waals surface area contributed by atoms with Gasteiger partial charge in [0.1, 0.15) is 17.8 Å². The Bertz CT molecular complexity index is 476. The number of rotatable bonds is 4. The SMILES string of the molecule is C=Cc1ccc(OC)cc1.COc1ccc(C=O)cc1. The topological polar surface area (TPSA) is 35.5 Å². The molecular formula is C17H18O3. The molecule has 0 aliphatic rings. The average Bonchev–Trinajstić information content (AvgIpc) is 2.55. The quantitative estimate of drug-likeness (QED) is 0.792. The molecule has 0 unspecified atom stereocenters. The fourth-order valence-corrected chi connectivity index (χ4v) is 1.42. The van der Waals surface area contributed by atoms with E-state index < -0.39 is 0 Å². The Kier molecular flexibility index (Phi) is 6.62. The number of hydrogen-bond acceptors (Lipinski definition) is 3. The molecular weight excluding hydrogens is 252 g/mol. The van der Waals surface area contributed by atoms with Crippen LogP contribution in [0.1, 0.15) is 15.9 Å². The Morgan fingerprint density at radius 1 is 0.800 bits per heavy atom. The number of benzene rings is 2. The zero-order chi connectivity index (χ0) is 14.8. The summed E-state index contributed by atoms with van der Waals surface area (Å²) in [6, 6.07) is 14.7. The van der Waals surface area contributed by atoms with E-state index in [9.17, 15) is 4.79 Å². The highest BCUT2D eigenvalue weighted by molar-refractivity contribution is 5.74. The lowest BCUT2D eigenvalue weighted by molar-refractivity contribution is 0.112. The predicted molar refractivity (Wildman–Crippen MR) is 81.5 cm³/mol. The lowest BCUT2D eigenvalue weighted by Crippen LogP contribution is -1.82. The van der Waals surface area contributed by atoms with E-state index in [0.717, 1.165) is 23.3 Å². The highest BCUT2D eigenvalue weighted by atomic mass is 16.5. The van der Waals surface area contributed by atoms with E-state index in [0.29, 0.717) is 5.56 Å². The fourth-order valence-electron chi connectivity index (χ4n) is 1.42. The van der Waals surface area contributed by atoms with Crippen molar-refractivity contribution in [3.63, 3.8) is 0 Å². The van der Waals surface area contributed by atoms with Crippen molar-refractivity contribution in [2.75, 3.05) is 14.2 Å². The van der Waals surface area contributed by atoms with Crippen LogP contribution in [0, 0.1) is 0 Å². The zero-order valence-corrected chi connectivity index (χ0v) is 11.7. The van der Waals surface area contributed by atoms with Crippen LogP contribution in [0.4, 0.5) is 0 Å². The van der Waals surface area contributed by atoms with Crippen molar-refractivity contribution in [2.24, 2.45) is 0 Å². The Labute approximate surface area is 119 Å². The highest BCUT2D eigenvalue weighted by Crippen LogP contribution is 2.11. The summed E-state index contributed by atoms with van der Waals surface area (Å²) in [7, 11) is 3.25. The van der Waals surface area contributed by atoms with Crippen LogP contribution >= 0.6 is 0 Å². The molecule has 0 saturated heterocycles. The van der Waals surface area contributed by atoms with Crippen LogP contribution in [0.3, 0.4) is 0 Å². The van der Waals surface area contributed by atoms with E-state index in [-0.39, 0.29) is 0 Å². The predicted octanol–water partition coefficient (Wildman–Crippen LogP) is 3.85. The number of ether oxygens (including phenoxy) is 2. The van der Waals surface area contributed by atoms with Gasteiger partial charge in [-0.1, -0.05) is 24.8 Å². The van der Waals surface area contributed by atoms with Crippen LogP contribution in [0.5, 0.6) is 11.5 Å². The van der Waals surface area contributed by atoms with Crippen LogP contribution in [0.25, 0.3) is 6.08 Å². The summed E-state index contributed by atoms with van der Waals surface area (Å²) in [5.74, 6) is 1.65. The fraction of sp³-hybridized carbons (Fsp3) is 0.118. The molecule has 0 saturated carbocycles. The van der Waals surface area contributed by atoms with E-state index >= 15 is 0 Å². The molecule has 0 fully saturated rings. The van der Waals surface area contributed by atoms with E-state index in [1.165, 1.54) is 0 Å². The van der Waals surface area contributed by atoms with Gasteiger partial charge in [0.15, 0.2) is 0 Å². The van der Waals surface area contributed by atoms with Crippen LogP contribution in [0.15, 0.2) is 55.1 Å².